The fraction of sp³-hybridized carbons (Fsp3) is 0.227. The summed E-state index contributed by atoms with van der Waals surface area (Å²) < 4.78 is 35.1. The van der Waals surface area contributed by atoms with Crippen LogP contribution in [0.2, 0.25) is 0 Å². The summed E-state index contributed by atoms with van der Waals surface area (Å²) in [6.45, 7) is 3.81. The van der Waals surface area contributed by atoms with E-state index in [0.29, 0.717) is 24.0 Å². The van der Waals surface area contributed by atoms with Crippen LogP contribution < -0.4 is 5.43 Å². The summed E-state index contributed by atoms with van der Waals surface area (Å²) in [5.41, 5.74) is -0.275. The molecule has 0 bridgehead atoms. The first kappa shape index (κ1) is 17.7. The average Bonchev–Trinajstić information content (AvgIpc) is 3.09. The zero-order valence-electron chi connectivity index (χ0n) is 15.0. The van der Waals surface area contributed by atoms with Crippen LogP contribution in [0.1, 0.15) is 4.88 Å². The molecule has 6 heteroatoms. The molecule has 1 aromatic heterocycles. The van der Waals surface area contributed by atoms with E-state index in [1.807, 2.05) is 18.2 Å². The van der Waals surface area contributed by atoms with Crippen molar-refractivity contribution in [1.82, 2.24) is 4.90 Å². The van der Waals surface area contributed by atoms with Crippen molar-refractivity contribution < 1.29 is 13.5 Å². The van der Waals surface area contributed by atoms with E-state index in [1.54, 1.807) is 23.5 Å². The van der Waals surface area contributed by atoms with Gasteiger partial charge in [-0.25, -0.2) is 8.78 Å². The molecule has 4 aromatic rings. The highest BCUT2D eigenvalue weighted by Gasteiger charge is 2.18. The molecule has 1 aliphatic rings. The number of benzene rings is 2. The van der Waals surface area contributed by atoms with Crippen LogP contribution in [0.15, 0.2) is 47.3 Å². The largest absolute Gasteiger partial charge is 0.379 e. The van der Waals surface area contributed by atoms with Gasteiger partial charge in [-0.05, 0) is 18.2 Å². The number of hydrogen-bond donors (Lipinski definition) is 0. The van der Waals surface area contributed by atoms with Gasteiger partial charge in [0.15, 0.2) is 17.1 Å². The standard InChI is InChI=1S/C22H17F2NO2S/c23-18-6-5-16-19(20(18)24)17-11-13(12-25-7-9-27-10-8-25)28-22(17)15-4-2-1-3-14(15)21(16)26/h1-6,11H,7-10,12H2. The average molecular weight is 397 g/mol. The highest BCUT2D eigenvalue weighted by Crippen LogP contribution is 2.36. The highest BCUT2D eigenvalue weighted by molar-refractivity contribution is 7.20. The molecule has 5 rings (SSSR count). The van der Waals surface area contributed by atoms with Crippen LogP contribution in [0.3, 0.4) is 0 Å². The molecule has 3 aromatic carbocycles. The Kier molecular flexibility index (Phi) is 4.34. The SMILES string of the molecule is O=c1c2ccccc2c2sc(CN3CCOCC3)cc2c2c(F)c(F)ccc12. The Morgan fingerprint density at radius 2 is 1.71 bits per heavy atom. The van der Waals surface area contributed by atoms with Crippen LogP contribution in [-0.2, 0) is 11.3 Å². The van der Waals surface area contributed by atoms with Crippen LogP contribution in [0, 0.1) is 11.6 Å². The number of nitrogens with zero attached hydrogens (tertiary/aromatic N) is 1. The Morgan fingerprint density at radius 3 is 2.50 bits per heavy atom. The van der Waals surface area contributed by atoms with Gasteiger partial charge in [-0.1, -0.05) is 24.3 Å². The van der Waals surface area contributed by atoms with Crippen LogP contribution in [0.4, 0.5) is 8.78 Å². The molecule has 1 fully saturated rings. The molecule has 0 amide bonds. The molecule has 0 aliphatic carbocycles. The molecule has 0 spiro atoms. The Morgan fingerprint density at radius 1 is 0.964 bits per heavy atom. The molecular formula is C22H17F2NO2S. The van der Waals surface area contributed by atoms with Crippen molar-refractivity contribution in [3.8, 4) is 0 Å². The molecule has 0 atom stereocenters. The third-order valence-electron chi connectivity index (χ3n) is 5.29. The maximum Gasteiger partial charge on any atom is 0.194 e. The molecule has 0 saturated carbocycles. The third kappa shape index (κ3) is 2.80. The van der Waals surface area contributed by atoms with E-state index in [0.717, 1.165) is 40.7 Å². The normalized spacial score (nSPS) is 15.6. The maximum absolute atomic E-state index is 14.9. The lowest BCUT2D eigenvalue weighted by Crippen LogP contribution is -2.35. The molecule has 142 valence electrons. The number of thiophene rings is 1. The molecule has 0 N–H and O–H groups in total. The number of hydrogen-bond acceptors (Lipinski definition) is 4. The summed E-state index contributed by atoms with van der Waals surface area (Å²) in [7, 11) is 0. The van der Waals surface area contributed by atoms with Crippen molar-refractivity contribution in [2.75, 3.05) is 26.3 Å². The first-order valence-corrected chi connectivity index (χ1v) is 10.0. The van der Waals surface area contributed by atoms with E-state index in [-0.39, 0.29) is 16.2 Å². The van der Waals surface area contributed by atoms with Gasteiger partial charge in [0, 0.05) is 56.1 Å². The van der Waals surface area contributed by atoms with E-state index in [1.165, 1.54) is 6.07 Å². The second kappa shape index (κ2) is 6.88. The lowest BCUT2D eigenvalue weighted by atomic mass is 10.1. The number of rotatable bonds is 2. The molecule has 1 saturated heterocycles. The van der Waals surface area contributed by atoms with E-state index >= 15 is 0 Å². The van der Waals surface area contributed by atoms with Crippen LogP contribution >= 0.6 is 11.3 Å². The molecule has 1 aliphatic heterocycles. The van der Waals surface area contributed by atoms with Crippen molar-refractivity contribution in [2.45, 2.75) is 6.54 Å². The Bertz CT molecular complexity index is 1280. The molecule has 0 radical (unpaired) electrons. The highest BCUT2D eigenvalue weighted by atomic mass is 32.1. The van der Waals surface area contributed by atoms with E-state index < -0.39 is 11.6 Å². The Balaban J connectivity index is 1.87. The fourth-order valence-corrected chi connectivity index (χ4v) is 5.16. The molecule has 28 heavy (non-hydrogen) atoms. The van der Waals surface area contributed by atoms with Gasteiger partial charge >= 0.3 is 0 Å². The molecular weight excluding hydrogens is 380 g/mol. The van der Waals surface area contributed by atoms with Gasteiger partial charge in [-0.3, -0.25) is 9.69 Å². The molecule has 3 nitrogen and oxygen atoms in total. The minimum Gasteiger partial charge on any atom is -0.379 e. The van der Waals surface area contributed by atoms with Crippen LogP contribution in [-0.4, -0.2) is 31.2 Å². The lowest BCUT2D eigenvalue weighted by Gasteiger charge is -2.25. The predicted octanol–water partition coefficient (Wildman–Crippen LogP) is 4.68. The van der Waals surface area contributed by atoms with Gasteiger partial charge in [-0.2, -0.15) is 0 Å². The summed E-state index contributed by atoms with van der Waals surface area (Å²) in [6, 6.07) is 11.6. The van der Waals surface area contributed by atoms with Crippen molar-refractivity contribution in [3.05, 3.63) is 69.2 Å². The van der Waals surface area contributed by atoms with Crippen LogP contribution in [0.25, 0.3) is 31.6 Å². The van der Waals surface area contributed by atoms with Gasteiger partial charge in [0.25, 0.3) is 0 Å². The van der Waals surface area contributed by atoms with E-state index in [2.05, 4.69) is 4.90 Å². The number of fused-ring (bicyclic) bond motifs is 5. The summed E-state index contributed by atoms with van der Waals surface area (Å²) >= 11 is 1.54. The summed E-state index contributed by atoms with van der Waals surface area (Å²) in [5, 5.41) is 2.17. The topological polar surface area (TPSA) is 29.5 Å². The second-order valence-electron chi connectivity index (χ2n) is 7.00. The van der Waals surface area contributed by atoms with Crippen molar-refractivity contribution in [2.24, 2.45) is 0 Å². The minimum absolute atomic E-state index is 0.0701. The summed E-state index contributed by atoms with van der Waals surface area (Å²) in [6.07, 6.45) is 0. The predicted molar refractivity (Wildman–Crippen MR) is 109 cm³/mol. The van der Waals surface area contributed by atoms with Gasteiger partial charge in [0.2, 0.25) is 0 Å². The van der Waals surface area contributed by atoms with Gasteiger partial charge < -0.3 is 4.74 Å². The minimum atomic E-state index is -0.962. The summed E-state index contributed by atoms with van der Waals surface area (Å²) in [5.74, 6) is -1.90. The van der Waals surface area contributed by atoms with E-state index in [4.69, 9.17) is 4.74 Å². The van der Waals surface area contributed by atoms with Crippen LogP contribution in [0.5, 0.6) is 0 Å². The zero-order chi connectivity index (χ0) is 19.3. The van der Waals surface area contributed by atoms with Crippen molar-refractivity contribution in [1.29, 1.82) is 0 Å². The quantitative estimate of drug-likeness (QED) is 0.492. The van der Waals surface area contributed by atoms with Gasteiger partial charge in [0.1, 0.15) is 0 Å². The zero-order valence-corrected chi connectivity index (χ0v) is 15.8. The first-order chi connectivity index (χ1) is 13.6. The van der Waals surface area contributed by atoms with Crippen molar-refractivity contribution >= 4 is 43.0 Å². The monoisotopic (exact) mass is 397 g/mol. The van der Waals surface area contributed by atoms with Gasteiger partial charge in [0.05, 0.1) is 13.2 Å². The maximum atomic E-state index is 14.9. The van der Waals surface area contributed by atoms with Crippen molar-refractivity contribution in [3.63, 3.8) is 0 Å². The Labute approximate surface area is 163 Å². The fourth-order valence-electron chi connectivity index (χ4n) is 3.91. The Hall–Kier alpha value is -2.41. The first-order valence-electron chi connectivity index (χ1n) is 9.19. The number of halogens is 2. The third-order valence-corrected chi connectivity index (χ3v) is 6.44. The number of morpholine rings is 1. The lowest BCUT2D eigenvalue weighted by molar-refractivity contribution is 0.0346. The number of ether oxygens (including phenoxy) is 1. The van der Waals surface area contributed by atoms with Gasteiger partial charge in [-0.15, -0.1) is 11.3 Å². The molecule has 2 heterocycles. The second-order valence-corrected chi connectivity index (χ2v) is 8.14. The smallest absolute Gasteiger partial charge is 0.194 e. The summed E-state index contributed by atoms with van der Waals surface area (Å²) in [4.78, 5) is 16.4. The molecule has 0 unspecified atom stereocenters. The van der Waals surface area contributed by atoms with E-state index in [9.17, 15) is 13.6 Å².